The summed E-state index contributed by atoms with van der Waals surface area (Å²) in [5.74, 6) is -6.97. The van der Waals surface area contributed by atoms with Crippen LogP contribution in [0.1, 0.15) is 85.5 Å². The van der Waals surface area contributed by atoms with Crippen molar-refractivity contribution in [3.8, 4) is 0 Å². The monoisotopic (exact) mass is 873 g/mol. The summed E-state index contributed by atoms with van der Waals surface area (Å²) >= 11 is 0. The highest BCUT2D eigenvalue weighted by Crippen LogP contribution is 2.64. The van der Waals surface area contributed by atoms with Gasteiger partial charge in [-0.3, -0.25) is 14.4 Å². The normalized spacial score (nSPS) is 34.5. The number of nitrogens with zero attached hydrogens (tertiary/aromatic N) is 1. The number of hydrogen-bond acceptors (Lipinski definition) is 18. The maximum Gasteiger partial charge on any atom is 0.508 e. The fourth-order valence-corrected chi connectivity index (χ4v) is 10.2. The molecule has 19 nitrogen and oxygen atoms in total. The van der Waals surface area contributed by atoms with Crippen molar-refractivity contribution >= 4 is 41.8 Å². The lowest BCUT2D eigenvalue weighted by Gasteiger charge is -2.67. The molecule has 1 aromatic carbocycles. The highest BCUT2D eigenvalue weighted by atomic mass is 16.8. The van der Waals surface area contributed by atoms with Crippen molar-refractivity contribution in [1.82, 2.24) is 4.90 Å². The summed E-state index contributed by atoms with van der Waals surface area (Å²) in [5.41, 5.74) is -11.7. The van der Waals surface area contributed by atoms with E-state index in [0.29, 0.717) is 4.90 Å². The Bertz CT molecular complexity index is 2080. The molecule has 11 atom stereocenters. The Labute approximate surface area is 357 Å². The van der Waals surface area contributed by atoms with Gasteiger partial charge in [-0.25, -0.2) is 24.1 Å². The SMILES string of the molecule is COC(=O)O[C@@]12CO[C@@H]1CC(O)[C@@]1(C)C(=O)[C@H](OC(C)=O)C3=C(C)[C@@H](OC(=O)[C@H](O)[C@@H](N4C(=O)OC(C)(C)C4=O)C(C)(C)CO)C[C@@](O)([C@@H](OC(=O)c4ccccc4)C12)C3(C)C. The van der Waals surface area contributed by atoms with Crippen LogP contribution < -0.4 is 0 Å². The second kappa shape index (κ2) is 15.7. The molecule has 2 bridgehead atoms. The fourth-order valence-electron chi connectivity index (χ4n) is 10.2. The van der Waals surface area contributed by atoms with Crippen LogP contribution in [0.15, 0.2) is 41.5 Å². The maximum atomic E-state index is 15.5. The van der Waals surface area contributed by atoms with Gasteiger partial charge in [0, 0.05) is 30.6 Å². The van der Waals surface area contributed by atoms with E-state index in [9.17, 15) is 49.2 Å². The van der Waals surface area contributed by atoms with E-state index in [1.165, 1.54) is 67.5 Å². The average molecular weight is 874 g/mol. The summed E-state index contributed by atoms with van der Waals surface area (Å²) in [7, 11) is 1.04. The van der Waals surface area contributed by atoms with Crippen molar-refractivity contribution in [3.63, 3.8) is 0 Å². The molecule has 4 fully saturated rings. The number of fused-ring (bicyclic) bond motifs is 5. The van der Waals surface area contributed by atoms with E-state index < -0.39 is 143 Å². The van der Waals surface area contributed by atoms with Gasteiger partial charge in [-0.1, -0.05) is 45.9 Å². The predicted molar refractivity (Wildman–Crippen MR) is 208 cm³/mol. The average Bonchev–Trinajstić information content (AvgIpc) is 3.40. The number of amides is 2. The zero-order valence-corrected chi connectivity index (χ0v) is 36.3. The van der Waals surface area contributed by atoms with E-state index in [1.807, 2.05) is 0 Å². The van der Waals surface area contributed by atoms with E-state index in [0.717, 1.165) is 14.0 Å². The molecular formula is C43H55NO18. The Kier molecular flexibility index (Phi) is 11.8. The number of rotatable bonds is 10. The molecule has 2 saturated heterocycles. The Morgan fingerprint density at radius 2 is 1.63 bits per heavy atom. The zero-order valence-electron chi connectivity index (χ0n) is 36.3. The number of cyclic esters (lactones) is 1. The molecule has 0 spiro atoms. The number of ether oxygens (including phenoxy) is 7. The van der Waals surface area contributed by atoms with Gasteiger partial charge in [-0.15, -0.1) is 0 Å². The smallest absolute Gasteiger partial charge is 0.456 e. The maximum absolute atomic E-state index is 15.5. The zero-order chi connectivity index (χ0) is 46.3. The van der Waals surface area contributed by atoms with Crippen molar-refractivity contribution in [2.45, 2.75) is 135 Å². The summed E-state index contributed by atoms with van der Waals surface area (Å²) in [6.45, 7) is 11.0. The largest absolute Gasteiger partial charge is 0.508 e. The van der Waals surface area contributed by atoms with E-state index in [2.05, 4.69) is 0 Å². The highest BCUT2D eigenvalue weighted by molar-refractivity contribution is 6.03. The van der Waals surface area contributed by atoms with Gasteiger partial charge in [0.2, 0.25) is 0 Å². The van der Waals surface area contributed by atoms with Crippen LogP contribution in [-0.4, -0.2) is 147 Å². The first-order valence-corrected chi connectivity index (χ1v) is 20.2. The number of carbonyl (C=O) groups excluding carboxylic acids is 7. The minimum atomic E-state index is -2.51. The number of aliphatic hydroxyl groups is 4. The molecule has 62 heavy (non-hydrogen) atoms. The van der Waals surface area contributed by atoms with Crippen molar-refractivity contribution in [2.75, 3.05) is 20.3 Å². The minimum Gasteiger partial charge on any atom is -0.456 e. The van der Waals surface area contributed by atoms with Crippen molar-refractivity contribution < 1.29 is 87.1 Å². The Morgan fingerprint density at radius 3 is 2.15 bits per heavy atom. The number of methoxy groups -OCH3 is 1. The number of carbonyl (C=O) groups is 7. The van der Waals surface area contributed by atoms with Gasteiger partial charge >= 0.3 is 30.2 Å². The second-order valence-corrected chi connectivity index (χ2v) is 18.7. The number of esters is 3. The summed E-state index contributed by atoms with van der Waals surface area (Å²) in [5, 5.41) is 47.9. The predicted octanol–water partition coefficient (Wildman–Crippen LogP) is 1.93. The Morgan fingerprint density at radius 1 is 1.00 bits per heavy atom. The van der Waals surface area contributed by atoms with Crippen LogP contribution in [0.25, 0.3) is 0 Å². The molecular weight excluding hydrogens is 818 g/mol. The molecule has 3 aliphatic carbocycles. The first-order chi connectivity index (χ1) is 28.7. The number of Topliss-reactive ketones (excluding diaryl/α,β-unsaturated/α-hetero) is 1. The van der Waals surface area contributed by atoms with Crippen LogP contribution in [0.3, 0.4) is 0 Å². The lowest BCUT2D eigenvalue weighted by molar-refractivity contribution is -0.344. The summed E-state index contributed by atoms with van der Waals surface area (Å²) in [4.78, 5) is 97.3. The van der Waals surface area contributed by atoms with Gasteiger partial charge in [-0.2, -0.15) is 0 Å². The molecule has 340 valence electrons. The van der Waals surface area contributed by atoms with E-state index in [4.69, 9.17) is 33.2 Å². The van der Waals surface area contributed by atoms with E-state index in [1.54, 1.807) is 18.2 Å². The molecule has 6 rings (SSSR count). The van der Waals surface area contributed by atoms with Gasteiger partial charge in [0.05, 0.1) is 49.4 Å². The quantitative estimate of drug-likeness (QED) is 0.149. The summed E-state index contributed by atoms with van der Waals surface area (Å²) in [6, 6.07) is 5.85. The van der Waals surface area contributed by atoms with E-state index >= 15 is 4.79 Å². The van der Waals surface area contributed by atoms with Crippen LogP contribution >= 0.6 is 0 Å². The van der Waals surface area contributed by atoms with Gasteiger partial charge in [0.25, 0.3) is 5.91 Å². The van der Waals surface area contributed by atoms with Crippen molar-refractivity contribution in [1.29, 1.82) is 0 Å². The lowest BCUT2D eigenvalue weighted by Crippen LogP contribution is -2.82. The van der Waals surface area contributed by atoms with E-state index in [-0.39, 0.29) is 23.1 Å². The molecule has 0 aromatic heterocycles. The number of hydrogen-bond donors (Lipinski definition) is 4. The number of imide groups is 1. The molecule has 2 heterocycles. The molecule has 0 radical (unpaired) electrons. The molecule has 2 aliphatic heterocycles. The number of aliphatic hydroxyl groups excluding tert-OH is 3. The van der Waals surface area contributed by atoms with Gasteiger partial charge in [0.1, 0.15) is 23.9 Å². The van der Waals surface area contributed by atoms with Gasteiger partial charge in [-0.05, 0) is 51.0 Å². The number of ketones is 1. The lowest BCUT2D eigenvalue weighted by atomic mass is 9.44. The minimum absolute atomic E-state index is 0.00653. The number of benzene rings is 1. The second-order valence-electron chi connectivity index (χ2n) is 18.7. The molecule has 1 aromatic rings. The third-order valence-electron chi connectivity index (χ3n) is 13.8. The Balaban J connectivity index is 1.57. The van der Waals surface area contributed by atoms with Gasteiger partial charge in [0.15, 0.2) is 29.2 Å². The molecule has 2 amide bonds. The fraction of sp³-hybridized carbons (Fsp3) is 0.651. The standard InChI is InChI=1S/C43H55NO18/c1-20-23(59-34(51)27(48)30(38(3,4)18-45)44-35(52)40(7,8)61-36(44)53)17-43(55)32(60-33(50)22-14-12-11-13-15-22)29-41(9,31(49)28(58-21(2)46)26(20)39(43,5)6)24(47)16-25-42(29,19-57-25)62-37(54)56-10/h11-15,23-25,27-30,32,45,47-48,55H,16-19H2,1-10H3/t23-,24?,25+,27+,28+,29?,30+,32-,41+,42-,43+/m0/s1. The molecule has 4 N–H and O–H groups in total. The van der Waals surface area contributed by atoms with Gasteiger partial charge < -0.3 is 53.6 Å². The first-order valence-electron chi connectivity index (χ1n) is 20.2. The van der Waals surface area contributed by atoms with Crippen LogP contribution in [0.2, 0.25) is 0 Å². The molecule has 5 aliphatic rings. The molecule has 19 heteroatoms. The summed E-state index contributed by atoms with van der Waals surface area (Å²) in [6.07, 6.45) is -14.0. The molecule has 2 saturated carbocycles. The molecule has 2 unspecified atom stereocenters. The first kappa shape index (κ1) is 46.6. The Hall–Kier alpha value is -4.95. The third kappa shape index (κ3) is 6.96. The van der Waals surface area contributed by atoms with Crippen molar-refractivity contribution in [2.24, 2.45) is 22.2 Å². The van der Waals surface area contributed by atoms with Crippen LogP contribution in [0, 0.1) is 22.2 Å². The summed E-state index contributed by atoms with van der Waals surface area (Å²) < 4.78 is 40.0. The topological polar surface area (TPSA) is 268 Å². The van der Waals surface area contributed by atoms with Crippen molar-refractivity contribution in [3.05, 3.63) is 47.0 Å². The van der Waals surface area contributed by atoms with Crippen LogP contribution in [-0.2, 0) is 52.3 Å². The highest BCUT2D eigenvalue weighted by Gasteiger charge is 2.78. The third-order valence-corrected chi connectivity index (χ3v) is 13.8. The van der Waals surface area contributed by atoms with Crippen LogP contribution in [0.4, 0.5) is 9.59 Å². The van der Waals surface area contributed by atoms with Crippen LogP contribution in [0.5, 0.6) is 0 Å².